The van der Waals surface area contributed by atoms with Crippen LogP contribution >= 0.6 is 0 Å². The van der Waals surface area contributed by atoms with Crippen molar-refractivity contribution in [3.63, 3.8) is 0 Å². The van der Waals surface area contributed by atoms with E-state index in [2.05, 4.69) is 6.92 Å². The predicted molar refractivity (Wildman–Crippen MR) is 165 cm³/mol. The average Bonchev–Trinajstić information content (AvgIpc) is 2.93. The Hall–Kier alpha value is -1.96. The molecule has 0 aliphatic rings. The normalized spacial score (nSPS) is 11.4. The molecule has 0 atom stereocenters. The lowest BCUT2D eigenvalue weighted by Crippen LogP contribution is -2.01. The van der Waals surface area contributed by atoms with Crippen LogP contribution < -0.4 is 0 Å². The molecule has 2 heteroatoms. The van der Waals surface area contributed by atoms with Gasteiger partial charge in [-0.05, 0) is 41.8 Å². The Bertz CT molecular complexity index is 734. The van der Waals surface area contributed by atoms with Gasteiger partial charge in [-0.3, -0.25) is 0 Å². The van der Waals surface area contributed by atoms with E-state index in [0.717, 1.165) is 6.42 Å². The first-order valence-corrected chi connectivity index (χ1v) is 16.3. The van der Waals surface area contributed by atoms with Gasteiger partial charge in [0.1, 0.15) is 11.5 Å². The lowest BCUT2D eigenvalue weighted by atomic mass is 9.86. The van der Waals surface area contributed by atoms with E-state index >= 15 is 0 Å². The number of phenols is 2. The fraction of sp³-hybridized carbons (Fsp3) is 0.667. The Morgan fingerprint density at radius 1 is 0.395 bits per heavy atom. The number of benzene rings is 2. The maximum atomic E-state index is 9.67. The summed E-state index contributed by atoms with van der Waals surface area (Å²) in [6.45, 7) is 2.29. The SMILES string of the molecule is CCCCCCCCCCCCCCCCCCCCCCCC(c1ccc(O)cc1)c1ccc(O)cc1. The van der Waals surface area contributed by atoms with Crippen LogP contribution in [0.1, 0.15) is 165 Å². The third kappa shape index (κ3) is 15.5. The molecular formula is C36H58O2. The molecule has 0 aromatic heterocycles. The number of phenolic OH excluding ortho intramolecular Hbond substituents is 2. The zero-order valence-corrected chi connectivity index (χ0v) is 24.6. The van der Waals surface area contributed by atoms with E-state index in [1.807, 2.05) is 24.3 Å². The molecule has 214 valence electrons. The van der Waals surface area contributed by atoms with Crippen LogP contribution in [0.3, 0.4) is 0 Å². The van der Waals surface area contributed by atoms with Crippen LogP contribution in [0.2, 0.25) is 0 Å². The molecule has 2 rings (SSSR count). The summed E-state index contributed by atoms with van der Waals surface area (Å²) in [6.07, 6.45) is 30.7. The van der Waals surface area contributed by atoms with E-state index in [1.54, 1.807) is 24.3 Å². The zero-order valence-electron chi connectivity index (χ0n) is 24.6. The van der Waals surface area contributed by atoms with Crippen molar-refractivity contribution in [2.24, 2.45) is 0 Å². The minimum atomic E-state index is 0.312. The average molecular weight is 523 g/mol. The molecule has 0 aliphatic carbocycles. The molecule has 0 amide bonds. The van der Waals surface area contributed by atoms with Gasteiger partial charge in [-0.15, -0.1) is 0 Å². The fourth-order valence-corrected chi connectivity index (χ4v) is 5.72. The van der Waals surface area contributed by atoms with Crippen LogP contribution in [0.15, 0.2) is 48.5 Å². The topological polar surface area (TPSA) is 40.5 Å². The maximum Gasteiger partial charge on any atom is 0.115 e. The summed E-state index contributed by atoms with van der Waals surface area (Å²) in [5.74, 6) is 0.941. The molecule has 0 aliphatic heterocycles. The maximum absolute atomic E-state index is 9.67. The van der Waals surface area contributed by atoms with Gasteiger partial charge in [0, 0.05) is 5.92 Å². The van der Waals surface area contributed by atoms with Gasteiger partial charge in [-0.1, -0.05) is 166 Å². The quantitative estimate of drug-likeness (QED) is 0.135. The predicted octanol–water partition coefficient (Wildman–Crippen LogP) is 11.8. The monoisotopic (exact) mass is 522 g/mol. The van der Waals surface area contributed by atoms with Crippen LogP contribution in [0, 0.1) is 0 Å². The second-order valence-electron chi connectivity index (χ2n) is 11.6. The van der Waals surface area contributed by atoms with E-state index in [4.69, 9.17) is 0 Å². The van der Waals surface area contributed by atoms with E-state index in [9.17, 15) is 10.2 Å². The zero-order chi connectivity index (χ0) is 27.1. The Labute approximate surface area is 235 Å². The van der Waals surface area contributed by atoms with Gasteiger partial charge in [-0.2, -0.15) is 0 Å². The highest BCUT2D eigenvalue weighted by Gasteiger charge is 2.14. The van der Waals surface area contributed by atoms with Gasteiger partial charge in [0.25, 0.3) is 0 Å². The summed E-state index contributed by atoms with van der Waals surface area (Å²) >= 11 is 0. The molecule has 2 N–H and O–H groups in total. The molecule has 0 unspecified atom stereocenters. The molecular weight excluding hydrogens is 464 g/mol. The second kappa shape index (κ2) is 21.9. The number of rotatable bonds is 24. The van der Waals surface area contributed by atoms with Gasteiger partial charge in [-0.25, -0.2) is 0 Å². The number of hydrogen-bond acceptors (Lipinski definition) is 2. The van der Waals surface area contributed by atoms with Crippen LogP contribution in [-0.2, 0) is 0 Å². The summed E-state index contributed by atoms with van der Waals surface area (Å²) in [7, 11) is 0. The third-order valence-corrected chi connectivity index (χ3v) is 8.19. The van der Waals surface area contributed by atoms with Crippen molar-refractivity contribution in [2.75, 3.05) is 0 Å². The van der Waals surface area contributed by atoms with Crippen LogP contribution in [0.5, 0.6) is 11.5 Å². The minimum absolute atomic E-state index is 0.312. The summed E-state index contributed by atoms with van der Waals surface area (Å²) in [5, 5.41) is 19.3. The van der Waals surface area contributed by atoms with E-state index in [1.165, 1.54) is 146 Å². The highest BCUT2D eigenvalue weighted by Crippen LogP contribution is 2.32. The van der Waals surface area contributed by atoms with Gasteiger partial charge in [0.2, 0.25) is 0 Å². The number of unbranched alkanes of at least 4 members (excludes halogenated alkanes) is 20. The van der Waals surface area contributed by atoms with Crippen molar-refractivity contribution in [3.05, 3.63) is 59.7 Å². The first-order valence-electron chi connectivity index (χ1n) is 16.3. The molecule has 0 radical (unpaired) electrons. The molecule has 0 fully saturated rings. The largest absolute Gasteiger partial charge is 0.508 e. The Morgan fingerprint density at radius 3 is 0.947 bits per heavy atom. The number of aromatic hydroxyl groups is 2. The molecule has 0 bridgehead atoms. The highest BCUT2D eigenvalue weighted by atomic mass is 16.3. The minimum Gasteiger partial charge on any atom is -0.508 e. The summed E-state index contributed by atoms with van der Waals surface area (Å²) in [6, 6.07) is 15.2. The Morgan fingerprint density at radius 2 is 0.658 bits per heavy atom. The summed E-state index contributed by atoms with van der Waals surface area (Å²) in [5.41, 5.74) is 2.48. The lowest BCUT2D eigenvalue weighted by Gasteiger charge is -2.18. The standard InChI is InChI=1S/C36H58O2/c1-2-3-4-5-6-7-8-9-10-11-12-13-14-15-16-17-18-19-20-21-22-23-36(32-24-28-34(37)29-25-32)33-26-30-35(38)31-27-33/h24-31,36-38H,2-23H2,1H3. The van der Waals surface area contributed by atoms with Gasteiger partial charge in [0.15, 0.2) is 0 Å². The molecule has 2 nitrogen and oxygen atoms in total. The second-order valence-corrected chi connectivity index (χ2v) is 11.6. The molecule has 2 aromatic rings. The molecule has 38 heavy (non-hydrogen) atoms. The molecule has 0 heterocycles. The summed E-state index contributed by atoms with van der Waals surface area (Å²) < 4.78 is 0. The van der Waals surface area contributed by atoms with E-state index < -0.39 is 0 Å². The molecule has 0 spiro atoms. The molecule has 2 aromatic carbocycles. The van der Waals surface area contributed by atoms with Gasteiger partial charge in [0.05, 0.1) is 0 Å². The van der Waals surface area contributed by atoms with Gasteiger partial charge >= 0.3 is 0 Å². The van der Waals surface area contributed by atoms with Crippen molar-refractivity contribution >= 4 is 0 Å². The first kappa shape index (κ1) is 32.3. The van der Waals surface area contributed by atoms with Crippen LogP contribution in [-0.4, -0.2) is 10.2 Å². The van der Waals surface area contributed by atoms with Crippen molar-refractivity contribution in [1.29, 1.82) is 0 Å². The Kier molecular flexibility index (Phi) is 18.6. The lowest BCUT2D eigenvalue weighted by molar-refractivity contribution is 0.474. The highest BCUT2D eigenvalue weighted by molar-refractivity contribution is 5.37. The third-order valence-electron chi connectivity index (χ3n) is 8.19. The van der Waals surface area contributed by atoms with E-state index in [-0.39, 0.29) is 0 Å². The first-order chi connectivity index (χ1) is 18.7. The van der Waals surface area contributed by atoms with Crippen LogP contribution in [0.4, 0.5) is 0 Å². The molecule has 0 saturated heterocycles. The smallest absolute Gasteiger partial charge is 0.115 e. The Balaban J connectivity index is 1.41. The van der Waals surface area contributed by atoms with E-state index in [0.29, 0.717) is 17.4 Å². The van der Waals surface area contributed by atoms with Crippen molar-refractivity contribution in [2.45, 2.75) is 154 Å². The van der Waals surface area contributed by atoms with Crippen molar-refractivity contribution in [1.82, 2.24) is 0 Å². The van der Waals surface area contributed by atoms with Crippen LogP contribution in [0.25, 0.3) is 0 Å². The van der Waals surface area contributed by atoms with Crippen molar-refractivity contribution in [3.8, 4) is 11.5 Å². The van der Waals surface area contributed by atoms with Crippen molar-refractivity contribution < 1.29 is 10.2 Å². The fourth-order valence-electron chi connectivity index (χ4n) is 5.72. The molecule has 0 saturated carbocycles. The van der Waals surface area contributed by atoms with Gasteiger partial charge < -0.3 is 10.2 Å². The summed E-state index contributed by atoms with van der Waals surface area (Å²) in [4.78, 5) is 0. The number of hydrogen-bond donors (Lipinski definition) is 2.